The van der Waals surface area contributed by atoms with Gasteiger partial charge in [0.1, 0.15) is 5.75 Å². The lowest BCUT2D eigenvalue weighted by Gasteiger charge is -2.10. The predicted octanol–water partition coefficient (Wildman–Crippen LogP) is 1.97. The van der Waals surface area contributed by atoms with Crippen molar-refractivity contribution in [3.05, 3.63) is 29.3 Å². The molecule has 106 valence electrons. The summed E-state index contributed by atoms with van der Waals surface area (Å²) in [5.41, 5.74) is 4.42. The van der Waals surface area contributed by atoms with E-state index >= 15 is 0 Å². The lowest BCUT2D eigenvalue weighted by Crippen LogP contribution is -2.12. The van der Waals surface area contributed by atoms with Gasteiger partial charge in [-0.05, 0) is 38.0 Å². The Morgan fingerprint density at radius 2 is 1.90 bits per heavy atom. The third-order valence-corrected chi connectivity index (χ3v) is 2.54. The van der Waals surface area contributed by atoms with Gasteiger partial charge in [-0.3, -0.25) is 5.43 Å². The smallest absolute Gasteiger partial charge is 0.330 e. The number of nitrogen functional groups attached to an aromatic ring is 1. The average molecular weight is 275 g/mol. The molecule has 1 aromatic heterocycles. The average Bonchev–Trinajstić information content (AvgIpc) is 2.43. The number of nitrogens with two attached hydrogens (primary N) is 1. The SMILES string of the molecule is CCOc1nc(NN)nc(Oc2cc(C)ccc2C)n1. The molecule has 0 fully saturated rings. The maximum Gasteiger partial charge on any atom is 0.330 e. The molecule has 1 aromatic carbocycles. The zero-order valence-electron chi connectivity index (χ0n) is 11.7. The Hall–Kier alpha value is -2.41. The van der Waals surface area contributed by atoms with Crippen molar-refractivity contribution in [2.45, 2.75) is 20.8 Å². The van der Waals surface area contributed by atoms with Crippen LogP contribution in [0.2, 0.25) is 0 Å². The lowest BCUT2D eigenvalue weighted by molar-refractivity contribution is 0.303. The molecule has 2 rings (SSSR count). The molecular formula is C13H17N5O2. The Kier molecular flexibility index (Phi) is 4.31. The molecule has 20 heavy (non-hydrogen) atoms. The number of hydrogen-bond donors (Lipinski definition) is 2. The highest BCUT2D eigenvalue weighted by atomic mass is 16.5. The molecule has 0 saturated carbocycles. The molecule has 0 aliphatic heterocycles. The van der Waals surface area contributed by atoms with Crippen molar-refractivity contribution in [2.75, 3.05) is 12.0 Å². The summed E-state index contributed by atoms with van der Waals surface area (Å²) >= 11 is 0. The molecule has 1 heterocycles. The lowest BCUT2D eigenvalue weighted by atomic mass is 10.1. The van der Waals surface area contributed by atoms with Crippen LogP contribution in [-0.2, 0) is 0 Å². The summed E-state index contributed by atoms with van der Waals surface area (Å²) in [7, 11) is 0. The van der Waals surface area contributed by atoms with Crippen molar-refractivity contribution in [3.8, 4) is 17.8 Å². The summed E-state index contributed by atoms with van der Waals surface area (Å²) < 4.78 is 10.9. The number of rotatable bonds is 5. The van der Waals surface area contributed by atoms with Crippen LogP contribution in [0.15, 0.2) is 18.2 Å². The highest BCUT2D eigenvalue weighted by Crippen LogP contribution is 2.25. The molecule has 0 aliphatic rings. The van der Waals surface area contributed by atoms with E-state index in [0.29, 0.717) is 12.4 Å². The fourth-order valence-corrected chi connectivity index (χ4v) is 1.56. The zero-order valence-corrected chi connectivity index (χ0v) is 11.7. The molecule has 0 unspecified atom stereocenters. The number of aryl methyl sites for hydroxylation is 2. The maximum atomic E-state index is 5.68. The number of nitrogens with zero attached hydrogens (tertiary/aromatic N) is 3. The van der Waals surface area contributed by atoms with E-state index in [1.807, 2.05) is 39.0 Å². The Morgan fingerprint density at radius 3 is 2.60 bits per heavy atom. The van der Waals surface area contributed by atoms with E-state index in [1.54, 1.807) is 0 Å². The second kappa shape index (κ2) is 6.16. The van der Waals surface area contributed by atoms with Crippen molar-refractivity contribution >= 4 is 5.95 Å². The van der Waals surface area contributed by atoms with Crippen molar-refractivity contribution in [3.63, 3.8) is 0 Å². The van der Waals surface area contributed by atoms with Crippen molar-refractivity contribution < 1.29 is 9.47 Å². The third-order valence-electron chi connectivity index (χ3n) is 2.54. The van der Waals surface area contributed by atoms with Crippen LogP contribution in [0.4, 0.5) is 5.95 Å². The van der Waals surface area contributed by atoms with Crippen LogP contribution in [0.3, 0.4) is 0 Å². The molecule has 7 nitrogen and oxygen atoms in total. The van der Waals surface area contributed by atoms with E-state index in [1.165, 1.54) is 0 Å². The molecule has 7 heteroatoms. The fourth-order valence-electron chi connectivity index (χ4n) is 1.56. The summed E-state index contributed by atoms with van der Waals surface area (Å²) in [5.74, 6) is 6.18. The summed E-state index contributed by atoms with van der Waals surface area (Å²) in [6.07, 6.45) is 0. The van der Waals surface area contributed by atoms with Crippen LogP contribution in [0.5, 0.6) is 17.8 Å². The molecular weight excluding hydrogens is 258 g/mol. The van der Waals surface area contributed by atoms with E-state index < -0.39 is 0 Å². The van der Waals surface area contributed by atoms with E-state index in [2.05, 4.69) is 20.4 Å². The van der Waals surface area contributed by atoms with Crippen LogP contribution in [-0.4, -0.2) is 21.6 Å². The first-order valence-electron chi connectivity index (χ1n) is 6.23. The first-order valence-corrected chi connectivity index (χ1v) is 6.23. The van der Waals surface area contributed by atoms with Gasteiger partial charge in [0.15, 0.2) is 0 Å². The molecule has 3 N–H and O–H groups in total. The van der Waals surface area contributed by atoms with Gasteiger partial charge >= 0.3 is 12.0 Å². The van der Waals surface area contributed by atoms with E-state index in [-0.39, 0.29) is 18.0 Å². The van der Waals surface area contributed by atoms with Gasteiger partial charge < -0.3 is 9.47 Å². The third kappa shape index (κ3) is 3.33. The minimum atomic E-state index is 0.130. The number of hydrazine groups is 1. The highest BCUT2D eigenvalue weighted by Gasteiger charge is 2.10. The molecule has 0 amide bonds. The van der Waals surface area contributed by atoms with Gasteiger partial charge in [-0.2, -0.15) is 9.97 Å². The minimum absolute atomic E-state index is 0.130. The van der Waals surface area contributed by atoms with E-state index in [9.17, 15) is 0 Å². The molecule has 0 radical (unpaired) electrons. The Bertz CT molecular complexity index is 603. The Labute approximate surface area is 117 Å². The van der Waals surface area contributed by atoms with Crippen LogP contribution in [0, 0.1) is 13.8 Å². The van der Waals surface area contributed by atoms with Crippen molar-refractivity contribution in [1.29, 1.82) is 0 Å². The second-order valence-corrected chi connectivity index (χ2v) is 4.17. The summed E-state index contributed by atoms with van der Waals surface area (Å²) in [6.45, 7) is 6.21. The standard InChI is InChI=1S/C13H17N5O2/c1-4-19-12-15-11(18-14)16-13(17-12)20-10-7-8(2)5-6-9(10)3/h5-7H,4,14H2,1-3H3,(H,15,16,17,18). The van der Waals surface area contributed by atoms with Gasteiger partial charge in [-0.15, -0.1) is 4.98 Å². The van der Waals surface area contributed by atoms with Gasteiger partial charge in [-0.1, -0.05) is 12.1 Å². The van der Waals surface area contributed by atoms with Crippen LogP contribution >= 0.6 is 0 Å². The maximum absolute atomic E-state index is 5.68. The van der Waals surface area contributed by atoms with Gasteiger partial charge in [0.25, 0.3) is 0 Å². The van der Waals surface area contributed by atoms with Gasteiger partial charge in [0, 0.05) is 0 Å². The molecule has 0 saturated heterocycles. The number of aromatic nitrogens is 3. The minimum Gasteiger partial charge on any atom is -0.464 e. The topological polar surface area (TPSA) is 95.2 Å². The number of hydrogen-bond acceptors (Lipinski definition) is 7. The summed E-state index contributed by atoms with van der Waals surface area (Å²) in [6, 6.07) is 6.18. The molecule has 2 aromatic rings. The van der Waals surface area contributed by atoms with Crippen molar-refractivity contribution in [1.82, 2.24) is 15.0 Å². The zero-order chi connectivity index (χ0) is 14.5. The molecule has 0 aliphatic carbocycles. The van der Waals surface area contributed by atoms with E-state index in [0.717, 1.165) is 11.1 Å². The van der Waals surface area contributed by atoms with Gasteiger partial charge in [-0.25, -0.2) is 5.84 Å². The normalized spacial score (nSPS) is 10.2. The number of nitrogens with one attached hydrogen (secondary N) is 1. The second-order valence-electron chi connectivity index (χ2n) is 4.17. The first kappa shape index (κ1) is 14.0. The number of benzene rings is 1. The number of ether oxygens (including phenoxy) is 2. The molecule has 0 bridgehead atoms. The number of anilines is 1. The van der Waals surface area contributed by atoms with Crippen LogP contribution < -0.4 is 20.7 Å². The molecule has 0 atom stereocenters. The van der Waals surface area contributed by atoms with Crippen LogP contribution in [0.1, 0.15) is 18.1 Å². The largest absolute Gasteiger partial charge is 0.464 e. The molecule has 0 spiro atoms. The summed E-state index contributed by atoms with van der Waals surface area (Å²) in [5, 5.41) is 0. The van der Waals surface area contributed by atoms with Gasteiger partial charge in [0.05, 0.1) is 6.61 Å². The first-order chi connectivity index (χ1) is 9.62. The highest BCUT2D eigenvalue weighted by molar-refractivity contribution is 5.38. The van der Waals surface area contributed by atoms with Gasteiger partial charge in [0.2, 0.25) is 5.95 Å². The quantitative estimate of drug-likeness (QED) is 0.636. The van der Waals surface area contributed by atoms with Crippen LogP contribution in [0.25, 0.3) is 0 Å². The summed E-state index contributed by atoms with van der Waals surface area (Å²) in [4.78, 5) is 12.1. The van der Waals surface area contributed by atoms with Crippen molar-refractivity contribution in [2.24, 2.45) is 5.84 Å². The Morgan fingerprint density at radius 1 is 1.15 bits per heavy atom. The predicted molar refractivity (Wildman–Crippen MR) is 74.8 cm³/mol. The monoisotopic (exact) mass is 275 g/mol. The van der Waals surface area contributed by atoms with E-state index in [4.69, 9.17) is 15.3 Å². The Balaban J connectivity index is 2.32. The fraction of sp³-hybridized carbons (Fsp3) is 0.308.